The van der Waals surface area contributed by atoms with E-state index >= 15 is 0 Å². The second-order valence-electron chi connectivity index (χ2n) is 4.00. The number of nitrogens with zero attached hydrogens (tertiary/aromatic N) is 6. The number of nitrogens with one attached hydrogen (secondary N) is 1. The van der Waals surface area contributed by atoms with Gasteiger partial charge in [0.15, 0.2) is 5.13 Å². The number of amides is 1. The van der Waals surface area contributed by atoms with Crippen LogP contribution in [-0.4, -0.2) is 67.9 Å². The van der Waals surface area contributed by atoms with E-state index in [4.69, 9.17) is 5.11 Å². The third-order valence-electron chi connectivity index (χ3n) is 2.88. The lowest BCUT2D eigenvalue weighted by atomic mass is 10.3. The zero-order valence-corrected chi connectivity index (χ0v) is 10.7. The molecular formula is C9H11N7O2S. The molecule has 0 aliphatic carbocycles. The zero-order valence-electron chi connectivity index (χ0n) is 9.85. The summed E-state index contributed by atoms with van der Waals surface area (Å²) in [6.45, 7) is 2.27. The van der Waals surface area contributed by atoms with Crippen LogP contribution in [-0.2, 0) is 0 Å². The lowest BCUT2D eigenvalue weighted by Crippen LogP contribution is -2.48. The van der Waals surface area contributed by atoms with E-state index in [0.717, 1.165) is 10.0 Å². The van der Waals surface area contributed by atoms with Crippen LogP contribution >= 0.6 is 11.3 Å². The Balaban J connectivity index is 1.69. The van der Waals surface area contributed by atoms with Gasteiger partial charge in [-0.05, 0) is 5.21 Å². The largest absolute Gasteiger partial charge is 0.465 e. The number of hydrogen-bond acceptors (Lipinski definition) is 7. The van der Waals surface area contributed by atoms with E-state index in [1.54, 1.807) is 6.20 Å². The minimum absolute atomic E-state index is 0.493. The van der Waals surface area contributed by atoms with E-state index in [1.165, 1.54) is 16.2 Å². The van der Waals surface area contributed by atoms with Crippen LogP contribution in [0.2, 0.25) is 0 Å². The Labute approximate surface area is 111 Å². The molecule has 100 valence electrons. The van der Waals surface area contributed by atoms with Gasteiger partial charge in [-0.15, -0.1) is 10.2 Å². The summed E-state index contributed by atoms with van der Waals surface area (Å²) in [5.74, 6) is 0.521. The van der Waals surface area contributed by atoms with E-state index in [-0.39, 0.29) is 0 Å². The van der Waals surface area contributed by atoms with Crippen molar-refractivity contribution in [3.8, 4) is 10.7 Å². The van der Waals surface area contributed by atoms with Crippen molar-refractivity contribution in [2.24, 2.45) is 0 Å². The fourth-order valence-corrected chi connectivity index (χ4v) is 2.77. The molecule has 0 radical (unpaired) electrons. The fourth-order valence-electron chi connectivity index (χ4n) is 1.87. The maximum atomic E-state index is 10.8. The number of hydrogen-bond donors (Lipinski definition) is 2. The Bertz CT molecular complexity index is 561. The first-order valence-electron chi connectivity index (χ1n) is 5.66. The summed E-state index contributed by atoms with van der Waals surface area (Å²) in [5.41, 5.74) is 0. The van der Waals surface area contributed by atoms with Crippen molar-refractivity contribution in [1.29, 1.82) is 0 Å². The first kappa shape index (κ1) is 11.8. The molecule has 0 saturated carbocycles. The normalized spacial score (nSPS) is 15.8. The number of tetrazole rings is 1. The average molecular weight is 281 g/mol. The van der Waals surface area contributed by atoms with Gasteiger partial charge < -0.3 is 14.9 Å². The predicted octanol–water partition coefficient (Wildman–Crippen LogP) is 0.123. The van der Waals surface area contributed by atoms with Crippen LogP contribution in [0.25, 0.3) is 10.7 Å². The molecule has 0 aromatic carbocycles. The zero-order chi connectivity index (χ0) is 13.2. The first-order chi connectivity index (χ1) is 9.24. The number of H-pyrrole nitrogens is 1. The maximum absolute atomic E-state index is 10.8. The first-order valence-corrected chi connectivity index (χ1v) is 6.48. The molecular weight excluding hydrogens is 270 g/mol. The molecule has 1 saturated heterocycles. The van der Waals surface area contributed by atoms with Crippen molar-refractivity contribution in [3.05, 3.63) is 6.20 Å². The number of thiazole rings is 1. The number of carboxylic acid groups (broad SMARTS) is 1. The summed E-state index contributed by atoms with van der Waals surface area (Å²) in [5, 5.41) is 23.4. The predicted molar refractivity (Wildman–Crippen MR) is 67.1 cm³/mol. The van der Waals surface area contributed by atoms with Crippen LogP contribution in [0.1, 0.15) is 0 Å². The van der Waals surface area contributed by atoms with Crippen LogP contribution in [0.5, 0.6) is 0 Å². The van der Waals surface area contributed by atoms with E-state index in [1.807, 2.05) is 0 Å². The summed E-state index contributed by atoms with van der Waals surface area (Å²) in [6, 6.07) is 0. The Hall–Kier alpha value is -2.23. The third-order valence-corrected chi connectivity index (χ3v) is 3.93. The molecule has 10 heteroatoms. The van der Waals surface area contributed by atoms with Gasteiger partial charge in [0.05, 0.1) is 11.1 Å². The summed E-state index contributed by atoms with van der Waals surface area (Å²) in [7, 11) is 0. The molecule has 2 aromatic heterocycles. The van der Waals surface area contributed by atoms with Gasteiger partial charge in [-0.3, -0.25) is 0 Å². The van der Waals surface area contributed by atoms with Gasteiger partial charge in [-0.25, -0.2) is 9.78 Å². The highest BCUT2D eigenvalue weighted by molar-refractivity contribution is 7.18. The highest BCUT2D eigenvalue weighted by Gasteiger charge is 2.22. The van der Waals surface area contributed by atoms with Gasteiger partial charge in [-0.1, -0.05) is 11.3 Å². The molecule has 0 unspecified atom stereocenters. The maximum Gasteiger partial charge on any atom is 0.407 e. The summed E-state index contributed by atoms with van der Waals surface area (Å²) in [4.78, 5) is 19.5. The molecule has 3 heterocycles. The van der Waals surface area contributed by atoms with Crippen LogP contribution in [0.3, 0.4) is 0 Å². The summed E-state index contributed by atoms with van der Waals surface area (Å²) < 4.78 is 0. The van der Waals surface area contributed by atoms with Crippen LogP contribution < -0.4 is 4.90 Å². The number of aromatic nitrogens is 5. The van der Waals surface area contributed by atoms with Gasteiger partial charge in [0.2, 0.25) is 5.82 Å². The molecule has 9 nitrogen and oxygen atoms in total. The number of piperazine rings is 1. The molecule has 1 aliphatic rings. The Morgan fingerprint density at radius 1 is 1.37 bits per heavy atom. The number of rotatable bonds is 2. The molecule has 2 N–H and O–H groups in total. The van der Waals surface area contributed by atoms with Crippen LogP contribution in [0, 0.1) is 0 Å². The monoisotopic (exact) mass is 281 g/mol. The van der Waals surface area contributed by atoms with Crippen molar-refractivity contribution >= 4 is 22.6 Å². The minimum Gasteiger partial charge on any atom is -0.465 e. The Kier molecular flexibility index (Phi) is 2.99. The molecule has 0 atom stereocenters. The molecule has 19 heavy (non-hydrogen) atoms. The Morgan fingerprint density at radius 3 is 2.79 bits per heavy atom. The van der Waals surface area contributed by atoms with Crippen molar-refractivity contribution in [2.75, 3.05) is 31.1 Å². The topological polar surface area (TPSA) is 111 Å². The molecule has 3 rings (SSSR count). The molecule has 0 bridgehead atoms. The molecule has 1 amide bonds. The van der Waals surface area contributed by atoms with E-state index in [2.05, 4.69) is 30.5 Å². The molecule has 1 fully saturated rings. The highest BCUT2D eigenvalue weighted by Crippen LogP contribution is 2.28. The third kappa shape index (κ3) is 2.34. The van der Waals surface area contributed by atoms with Gasteiger partial charge in [0.25, 0.3) is 0 Å². The quantitative estimate of drug-likeness (QED) is 0.804. The van der Waals surface area contributed by atoms with Gasteiger partial charge in [0, 0.05) is 26.2 Å². The van der Waals surface area contributed by atoms with Gasteiger partial charge >= 0.3 is 6.09 Å². The van der Waals surface area contributed by atoms with Crippen LogP contribution in [0.4, 0.5) is 9.93 Å². The van der Waals surface area contributed by atoms with Gasteiger partial charge in [0.1, 0.15) is 0 Å². The lowest BCUT2D eigenvalue weighted by Gasteiger charge is -2.32. The van der Waals surface area contributed by atoms with Crippen molar-refractivity contribution in [3.63, 3.8) is 0 Å². The van der Waals surface area contributed by atoms with Crippen molar-refractivity contribution in [2.45, 2.75) is 0 Å². The standard InChI is InChI=1S/C9H11N7O2S/c17-9(18)16-3-1-15(2-4-16)8-10-5-6(19-8)7-11-13-14-12-7/h5H,1-4H2,(H,17,18)(H,11,12,13,14). The molecule has 2 aromatic rings. The second kappa shape index (κ2) is 4.80. The van der Waals surface area contributed by atoms with E-state index < -0.39 is 6.09 Å². The number of anilines is 1. The van der Waals surface area contributed by atoms with E-state index in [0.29, 0.717) is 32.0 Å². The Morgan fingerprint density at radius 2 is 2.16 bits per heavy atom. The average Bonchev–Trinajstić information content (AvgIpc) is 3.10. The van der Waals surface area contributed by atoms with E-state index in [9.17, 15) is 4.79 Å². The van der Waals surface area contributed by atoms with Gasteiger partial charge in [-0.2, -0.15) is 5.21 Å². The lowest BCUT2D eigenvalue weighted by molar-refractivity contribution is 0.142. The number of carbonyl (C=O) groups is 1. The van der Waals surface area contributed by atoms with Crippen LogP contribution in [0.15, 0.2) is 6.20 Å². The molecule has 1 aliphatic heterocycles. The smallest absolute Gasteiger partial charge is 0.407 e. The summed E-state index contributed by atoms with van der Waals surface area (Å²) in [6.07, 6.45) is 0.834. The highest BCUT2D eigenvalue weighted by atomic mass is 32.1. The number of aromatic amines is 1. The summed E-state index contributed by atoms with van der Waals surface area (Å²) >= 11 is 1.47. The van der Waals surface area contributed by atoms with Crippen molar-refractivity contribution in [1.82, 2.24) is 30.5 Å². The SMILES string of the molecule is O=C(O)N1CCN(c2ncc(-c3nn[nH]n3)s2)CC1. The minimum atomic E-state index is -0.869. The molecule has 0 spiro atoms. The van der Waals surface area contributed by atoms with Crippen molar-refractivity contribution < 1.29 is 9.90 Å². The second-order valence-corrected chi connectivity index (χ2v) is 5.01. The fraction of sp³-hybridized carbons (Fsp3) is 0.444.